The molecule has 36 heavy (non-hydrogen) atoms. The molecule has 0 fully saturated rings. The third-order valence-corrected chi connectivity index (χ3v) is 5.66. The predicted octanol–water partition coefficient (Wildman–Crippen LogP) is 5.71. The van der Waals surface area contributed by atoms with E-state index in [0.717, 1.165) is 44.2 Å². The Hall–Kier alpha value is -4.72. The van der Waals surface area contributed by atoms with Crippen LogP contribution in [0.15, 0.2) is 89.3 Å². The normalized spacial score (nSPS) is 11.6. The first-order chi connectivity index (χ1) is 17.8. The lowest BCUT2D eigenvalue weighted by atomic mass is 10.0. The van der Waals surface area contributed by atoms with Crippen LogP contribution in [0.5, 0.6) is 11.5 Å². The van der Waals surface area contributed by atoms with E-state index in [1.54, 1.807) is 12.4 Å². The molecule has 8 nitrogen and oxygen atoms in total. The zero-order chi connectivity index (χ0) is 24.7. The van der Waals surface area contributed by atoms with E-state index in [4.69, 9.17) is 9.47 Å². The Bertz CT molecular complexity index is 1560. The summed E-state index contributed by atoms with van der Waals surface area (Å²) in [6.07, 6.45) is 5.00. The van der Waals surface area contributed by atoms with Gasteiger partial charge in [-0.2, -0.15) is 14.9 Å². The molecule has 8 heteroatoms. The number of anilines is 1. The average molecular weight is 479 g/mol. The number of benzene rings is 4. The lowest BCUT2D eigenvalue weighted by Crippen LogP contribution is -2.02. The van der Waals surface area contributed by atoms with Gasteiger partial charge >= 0.3 is 0 Å². The van der Waals surface area contributed by atoms with Crippen molar-refractivity contribution in [3.8, 4) is 11.5 Å². The third kappa shape index (κ3) is 4.74. The molecule has 0 radical (unpaired) electrons. The van der Waals surface area contributed by atoms with Crippen LogP contribution in [0.2, 0.25) is 0 Å². The first-order valence-electron chi connectivity index (χ1n) is 11.8. The molecule has 0 saturated heterocycles. The molecule has 0 unspecified atom stereocenters. The number of hydrogen-bond donors (Lipinski definition) is 1. The number of aromatic nitrogens is 3. The third-order valence-electron chi connectivity index (χ3n) is 5.66. The average Bonchev–Trinajstić information content (AvgIpc) is 3.36. The topological polar surface area (TPSA) is 85.9 Å². The number of hydrogen-bond acceptors (Lipinski definition) is 7. The summed E-state index contributed by atoms with van der Waals surface area (Å²) in [6, 6.07) is 24.2. The summed E-state index contributed by atoms with van der Waals surface area (Å²) in [5.41, 5.74) is 4.72. The number of hydrazone groups is 1. The smallest absolute Gasteiger partial charge is 0.265 e. The first kappa shape index (κ1) is 23.0. The molecule has 1 N–H and O–H groups in total. The maximum Gasteiger partial charge on any atom is 0.265 e. The fourth-order valence-corrected chi connectivity index (χ4v) is 4.04. The van der Waals surface area contributed by atoms with Crippen molar-refractivity contribution in [3.63, 3.8) is 0 Å². The van der Waals surface area contributed by atoms with Crippen molar-refractivity contribution in [3.05, 3.63) is 90.3 Å². The fourth-order valence-electron chi connectivity index (χ4n) is 4.04. The summed E-state index contributed by atoms with van der Waals surface area (Å²) in [5.74, 6) is 1.90. The zero-order valence-corrected chi connectivity index (χ0v) is 20.1. The molecular formula is C28H26N6O2. The van der Waals surface area contributed by atoms with Crippen molar-refractivity contribution in [2.24, 2.45) is 10.2 Å². The molecule has 0 aliphatic rings. The minimum Gasteiger partial charge on any atom is -0.493 e. The summed E-state index contributed by atoms with van der Waals surface area (Å²) < 4.78 is 13.2. The molecule has 0 atom stereocenters. The van der Waals surface area contributed by atoms with Gasteiger partial charge in [0.05, 0.1) is 25.6 Å². The molecule has 0 saturated carbocycles. The molecular weight excluding hydrogens is 452 g/mol. The van der Waals surface area contributed by atoms with Gasteiger partial charge in [0.1, 0.15) is 17.8 Å². The van der Waals surface area contributed by atoms with Gasteiger partial charge in [0.25, 0.3) is 5.95 Å². The Kier molecular flexibility index (Phi) is 6.84. The molecule has 1 aromatic heterocycles. The SMILES string of the molecule is CCOc1ccc2ccccc2c1C=NNc1nncn1/N=C/c1c(OCC)ccc2ccccc12. The van der Waals surface area contributed by atoms with Crippen molar-refractivity contribution in [2.45, 2.75) is 13.8 Å². The van der Waals surface area contributed by atoms with E-state index in [9.17, 15) is 0 Å². The predicted molar refractivity (Wildman–Crippen MR) is 144 cm³/mol. The first-order valence-corrected chi connectivity index (χ1v) is 11.8. The van der Waals surface area contributed by atoms with Crippen molar-refractivity contribution in [1.29, 1.82) is 0 Å². The van der Waals surface area contributed by atoms with E-state index in [1.807, 2.05) is 68.4 Å². The monoisotopic (exact) mass is 478 g/mol. The molecule has 5 rings (SSSR count). The van der Waals surface area contributed by atoms with Crippen molar-refractivity contribution in [2.75, 3.05) is 18.6 Å². The molecule has 0 spiro atoms. The highest BCUT2D eigenvalue weighted by Crippen LogP contribution is 2.28. The lowest BCUT2D eigenvalue weighted by Gasteiger charge is -2.10. The number of nitrogens with zero attached hydrogens (tertiary/aromatic N) is 5. The van der Waals surface area contributed by atoms with Gasteiger partial charge in [-0.1, -0.05) is 60.7 Å². The van der Waals surface area contributed by atoms with Gasteiger partial charge < -0.3 is 9.47 Å². The van der Waals surface area contributed by atoms with E-state index >= 15 is 0 Å². The number of ether oxygens (including phenoxy) is 2. The zero-order valence-electron chi connectivity index (χ0n) is 20.1. The van der Waals surface area contributed by atoms with E-state index in [2.05, 4.69) is 44.0 Å². The minimum absolute atomic E-state index is 0.374. The van der Waals surface area contributed by atoms with Gasteiger partial charge in [-0.25, -0.2) is 5.43 Å². The maximum atomic E-state index is 5.84. The van der Waals surface area contributed by atoms with Crippen LogP contribution in [0, 0.1) is 0 Å². The van der Waals surface area contributed by atoms with Crippen molar-refractivity contribution < 1.29 is 9.47 Å². The van der Waals surface area contributed by atoms with Gasteiger partial charge in [0, 0.05) is 11.1 Å². The number of rotatable bonds is 9. The Labute approximate surface area is 208 Å². The summed E-state index contributed by atoms with van der Waals surface area (Å²) in [4.78, 5) is 0. The number of nitrogens with one attached hydrogen (secondary N) is 1. The van der Waals surface area contributed by atoms with Gasteiger partial charge in [0.2, 0.25) is 0 Å². The van der Waals surface area contributed by atoms with Crippen LogP contribution < -0.4 is 14.9 Å². The summed E-state index contributed by atoms with van der Waals surface area (Å²) in [5, 5.41) is 21.4. The van der Waals surface area contributed by atoms with Crippen LogP contribution in [0.1, 0.15) is 25.0 Å². The Morgan fingerprint density at radius 2 is 1.36 bits per heavy atom. The van der Waals surface area contributed by atoms with E-state index in [0.29, 0.717) is 19.2 Å². The summed E-state index contributed by atoms with van der Waals surface area (Å²) >= 11 is 0. The lowest BCUT2D eigenvalue weighted by molar-refractivity contribution is 0.340. The van der Waals surface area contributed by atoms with Crippen molar-refractivity contribution in [1.82, 2.24) is 14.9 Å². The van der Waals surface area contributed by atoms with E-state index in [-0.39, 0.29) is 0 Å². The molecule has 0 amide bonds. The van der Waals surface area contributed by atoms with Crippen molar-refractivity contribution >= 4 is 39.9 Å². The Morgan fingerprint density at radius 3 is 1.97 bits per heavy atom. The quantitative estimate of drug-likeness (QED) is 0.217. The largest absolute Gasteiger partial charge is 0.493 e. The fraction of sp³-hybridized carbons (Fsp3) is 0.143. The second kappa shape index (κ2) is 10.7. The van der Waals surface area contributed by atoms with Gasteiger partial charge in [-0.3, -0.25) is 0 Å². The van der Waals surface area contributed by atoms with Crippen LogP contribution in [0.3, 0.4) is 0 Å². The molecule has 5 aromatic rings. The van der Waals surface area contributed by atoms with E-state index in [1.165, 1.54) is 11.0 Å². The highest BCUT2D eigenvalue weighted by Gasteiger charge is 2.09. The maximum absolute atomic E-state index is 5.84. The second-order valence-electron chi connectivity index (χ2n) is 7.88. The van der Waals surface area contributed by atoms with Crippen LogP contribution in [-0.2, 0) is 0 Å². The van der Waals surface area contributed by atoms with Gasteiger partial charge in [0.15, 0.2) is 0 Å². The van der Waals surface area contributed by atoms with Gasteiger partial charge in [-0.05, 0) is 47.5 Å². The summed E-state index contributed by atoms with van der Waals surface area (Å²) in [7, 11) is 0. The Morgan fingerprint density at radius 1 is 0.778 bits per heavy atom. The molecule has 4 aromatic carbocycles. The number of fused-ring (bicyclic) bond motifs is 2. The second-order valence-corrected chi connectivity index (χ2v) is 7.88. The molecule has 0 aliphatic carbocycles. The minimum atomic E-state index is 0.374. The standard InChI is InChI=1S/C28H26N6O2/c1-3-35-26-15-13-20-9-5-7-11-22(20)24(26)17-29-32-28-33-30-19-34(28)31-18-25-23-12-8-6-10-21(23)14-16-27(25)36-4-2/h5-19H,3-4H2,1-2H3,(H,32,33)/b29-17?,31-18+. The molecule has 0 bridgehead atoms. The van der Waals surface area contributed by atoms with Crippen LogP contribution in [0.4, 0.5) is 5.95 Å². The highest BCUT2D eigenvalue weighted by atomic mass is 16.5. The molecule has 180 valence electrons. The van der Waals surface area contributed by atoms with Gasteiger partial charge in [-0.15, -0.1) is 10.2 Å². The molecule has 1 heterocycles. The molecule has 0 aliphatic heterocycles. The highest BCUT2D eigenvalue weighted by molar-refractivity contribution is 6.03. The Balaban J connectivity index is 1.43. The van der Waals surface area contributed by atoms with Crippen LogP contribution in [0.25, 0.3) is 21.5 Å². The van der Waals surface area contributed by atoms with Crippen LogP contribution >= 0.6 is 0 Å². The summed E-state index contributed by atoms with van der Waals surface area (Å²) in [6.45, 7) is 5.05. The van der Waals surface area contributed by atoms with Crippen LogP contribution in [-0.4, -0.2) is 40.5 Å². The van der Waals surface area contributed by atoms with E-state index < -0.39 is 0 Å².